The molecule has 1 saturated carbocycles. The van der Waals surface area contributed by atoms with Crippen molar-refractivity contribution in [2.75, 3.05) is 0 Å². The molecule has 2 aliphatic rings. The van der Waals surface area contributed by atoms with Crippen molar-refractivity contribution in [1.29, 1.82) is 0 Å². The highest BCUT2D eigenvalue weighted by Crippen LogP contribution is 2.46. The predicted molar refractivity (Wildman–Crippen MR) is 135 cm³/mol. The van der Waals surface area contributed by atoms with E-state index in [1.165, 1.54) is 0 Å². The van der Waals surface area contributed by atoms with Gasteiger partial charge in [-0.2, -0.15) is 0 Å². The van der Waals surface area contributed by atoms with Crippen LogP contribution in [0.3, 0.4) is 0 Å². The average Bonchev–Trinajstić information content (AvgIpc) is 3.18. The minimum absolute atomic E-state index is 0.00661. The maximum Gasteiger partial charge on any atom is 0.143 e. The van der Waals surface area contributed by atoms with E-state index in [-0.39, 0.29) is 47.9 Å². The van der Waals surface area contributed by atoms with Crippen molar-refractivity contribution in [2.24, 2.45) is 17.3 Å². The Morgan fingerprint density at radius 1 is 1.21 bits per heavy atom. The van der Waals surface area contributed by atoms with Gasteiger partial charge in [-0.15, -0.1) is 11.3 Å². The molecule has 0 amide bonds. The van der Waals surface area contributed by atoms with Gasteiger partial charge in [0.25, 0.3) is 0 Å². The fourth-order valence-corrected chi connectivity index (χ4v) is 5.50. The van der Waals surface area contributed by atoms with Crippen LogP contribution in [0.4, 0.5) is 0 Å². The highest BCUT2D eigenvalue weighted by molar-refractivity contribution is 7.09. The second-order valence-corrected chi connectivity index (χ2v) is 12.3. The second kappa shape index (κ2) is 10.7. The van der Waals surface area contributed by atoms with Crippen LogP contribution in [-0.4, -0.2) is 50.7 Å². The fourth-order valence-electron chi connectivity index (χ4n) is 4.93. The molecule has 6 nitrogen and oxygen atoms in total. The number of allylic oxidation sites excluding steroid dienone is 1. The first-order valence-corrected chi connectivity index (χ1v) is 13.4. The van der Waals surface area contributed by atoms with Crippen LogP contribution in [0.5, 0.6) is 0 Å². The van der Waals surface area contributed by atoms with Crippen molar-refractivity contribution in [3.05, 3.63) is 21.7 Å². The minimum Gasteiger partial charge on any atom is -0.392 e. The lowest BCUT2D eigenvalue weighted by molar-refractivity contribution is -0.137. The fraction of sp³-hybridized carbons (Fsp3) is 0.741. The smallest absolute Gasteiger partial charge is 0.143 e. The number of carbonyl (C=O) groups excluding carboxylic acids is 2. The Morgan fingerprint density at radius 3 is 2.56 bits per heavy atom. The summed E-state index contributed by atoms with van der Waals surface area (Å²) in [5.74, 6) is -0.306. The Hall–Kier alpha value is -1.41. The number of ketones is 2. The maximum absolute atomic E-state index is 13.1. The summed E-state index contributed by atoms with van der Waals surface area (Å²) >= 11 is 1.60. The summed E-state index contributed by atoms with van der Waals surface area (Å²) in [6.45, 7) is 11.4. The lowest BCUT2D eigenvalue weighted by atomic mass is 9.75. The highest BCUT2D eigenvalue weighted by Gasteiger charge is 2.52. The first-order chi connectivity index (χ1) is 15.8. The van der Waals surface area contributed by atoms with Gasteiger partial charge in [0.15, 0.2) is 0 Å². The van der Waals surface area contributed by atoms with E-state index in [9.17, 15) is 19.8 Å². The van der Waals surface area contributed by atoms with Crippen molar-refractivity contribution in [1.82, 2.24) is 4.98 Å². The Kier molecular flexibility index (Phi) is 8.54. The van der Waals surface area contributed by atoms with Crippen LogP contribution < -0.4 is 0 Å². The zero-order valence-corrected chi connectivity index (χ0v) is 22.3. The van der Waals surface area contributed by atoms with Gasteiger partial charge in [0.1, 0.15) is 11.6 Å². The van der Waals surface area contributed by atoms with Crippen LogP contribution in [-0.2, 0) is 14.3 Å². The third kappa shape index (κ3) is 6.62. The Labute approximate surface area is 207 Å². The molecule has 2 heterocycles. The van der Waals surface area contributed by atoms with Crippen LogP contribution in [0, 0.1) is 24.2 Å². The van der Waals surface area contributed by atoms with Crippen molar-refractivity contribution in [2.45, 2.75) is 110 Å². The molecule has 190 valence electrons. The number of aromatic nitrogens is 1. The van der Waals surface area contributed by atoms with Crippen molar-refractivity contribution < 1.29 is 24.5 Å². The molecular weight excluding hydrogens is 450 g/mol. The third-order valence-electron chi connectivity index (χ3n) is 8.02. The molecule has 7 heteroatoms. The quantitative estimate of drug-likeness (QED) is 0.571. The van der Waals surface area contributed by atoms with Crippen molar-refractivity contribution in [3.63, 3.8) is 0 Å². The van der Waals surface area contributed by atoms with Crippen molar-refractivity contribution >= 4 is 29.0 Å². The molecule has 0 aromatic carbocycles. The second-order valence-electron chi connectivity index (χ2n) is 11.3. The summed E-state index contributed by atoms with van der Waals surface area (Å²) in [4.78, 5) is 30.5. The van der Waals surface area contributed by atoms with Gasteiger partial charge < -0.3 is 14.9 Å². The number of Topliss-reactive ketones (excluding diaryl/α,β-unsaturated/α-hetero) is 2. The molecule has 3 rings (SSSR count). The molecule has 2 N–H and O–H groups in total. The molecule has 1 unspecified atom stereocenters. The largest absolute Gasteiger partial charge is 0.392 e. The lowest BCUT2D eigenvalue weighted by Crippen LogP contribution is -2.41. The third-order valence-corrected chi connectivity index (χ3v) is 8.81. The molecule has 1 saturated heterocycles. The molecular formula is C27H41NO5S. The van der Waals surface area contributed by atoms with E-state index in [1.807, 2.05) is 32.2 Å². The van der Waals surface area contributed by atoms with E-state index in [2.05, 4.69) is 11.9 Å². The summed E-state index contributed by atoms with van der Waals surface area (Å²) in [5.41, 5.74) is 0.680. The van der Waals surface area contributed by atoms with Crippen LogP contribution in [0.1, 0.15) is 90.3 Å². The number of aryl methyl sites for hydroxylation is 1. The predicted octanol–water partition coefficient (Wildman–Crippen LogP) is 4.90. The lowest BCUT2D eigenvalue weighted by Gasteiger charge is -2.31. The normalized spacial score (nSPS) is 36.2. The monoisotopic (exact) mass is 491 g/mol. The number of rotatable bonds is 2. The van der Waals surface area contributed by atoms with Crippen LogP contribution in [0.25, 0.3) is 6.08 Å². The van der Waals surface area contributed by atoms with E-state index >= 15 is 0 Å². The summed E-state index contributed by atoms with van der Waals surface area (Å²) in [6, 6.07) is 0. The van der Waals surface area contributed by atoms with E-state index in [0.717, 1.165) is 42.0 Å². The number of ether oxygens (including phenoxy) is 1. The zero-order valence-electron chi connectivity index (χ0n) is 21.5. The Balaban J connectivity index is 1.83. The van der Waals surface area contributed by atoms with Crippen LogP contribution >= 0.6 is 11.3 Å². The summed E-state index contributed by atoms with van der Waals surface area (Å²) in [5, 5.41) is 24.4. The van der Waals surface area contributed by atoms with Crippen molar-refractivity contribution in [3.8, 4) is 0 Å². The number of fused-ring (bicyclic) bond motifs is 1. The molecule has 0 radical (unpaired) electrons. The molecule has 0 bridgehead atoms. The molecule has 2 fully saturated rings. The first kappa shape index (κ1) is 27.2. The highest BCUT2D eigenvalue weighted by atomic mass is 32.1. The van der Waals surface area contributed by atoms with E-state index in [4.69, 9.17) is 4.74 Å². The number of aliphatic hydroxyl groups is 2. The standard InChI is InChI=1S/C27H41NO5S/c1-16-8-7-9-27(6)25(33-27)12-19(17(2)10-20-15-34-18(3)28-20)11-21(29)13-23(31)26(4,5)24(32)14-22(16)30/h10,15-16,19,22-23,25,30-31H,7-9,11-14H2,1-6H3/b17-10+/t16-,19?,22+,23-,25-,27+/m0/s1. The topological polar surface area (TPSA) is 100 Å². The summed E-state index contributed by atoms with van der Waals surface area (Å²) in [7, 11) is 0. The van der Waals surface area contributed by atoms with E-state index in [1.54, 1.807) is 25.2 Å². The first-order valence-electron chi connectivity index (χ1n) is 12.5. The number of aliphatic hydroxyl groups excluding tert-OH is 2. The van der Waals surface area contributed by atoms with Gasteiger partial charge in [-0.3, -0.25) is 9.59 Å². The van der Waals surface area contributed by atoms with Crippen LogP contribution in [0.15, 0.2) is 11.0 Å². The van der Waals surface area contributed by atoms with Gasteiger partial charge in [0, 0.05) is 30.1 Å². The minimum atomic E-state index is -1.09. The van der Waals surface area contributed by atoms with E-state index < -0.39 is 17.6 Å². The molecule has 1 aliphatic carbocycles. The maximum atomic E-state index is 13.1. The van der Waals surface area contributed by atoms with Crippen LogP contribution in [0.2, 0.25) is 0 Å². The molecule has 1 aromatic rings. The Bertz CT molecular complexity index is 922. The Morgan fingerprint density at radius 2 is 1.91 bits per heavy atom. The number of thiazole rings is 1. The molecule has 6 atom stereocenters. The molecule has 1 aromatic heterocycles. The van der Waals surface area contributed by atoms with E-state index in [0.29, 0.717) is 6.42 Å². The number of epoxide rings is 1. The SMILES string of the molecule is C/C(=C\c1csc(C)n1)C1CC(=O)C[C@H](O)C(C)(C)C(=O)C[C@@H](O)[C@@H](C)CCC[C@@]2(C)O[C@H]2C1. The molecule has 0 spiro atoms. The van der Waals surface area contributed by atoms with Gasteiger partial charge in [-0.05, 0) is 57.9 Å². The summed E-state index contributed by atoms with van der Waals surface area (Å²) in [6.07, 6.45) is 3.85. The number of nitrogens with zero attached hydrogens (tertiary/aromatic N) is 1. The van der Waals surface area contributed by atoms with Gasteiger partial charge in [-0.1, -0.05) is 32.8 Å². The van der Waals surface area contributed by atoms with Gasteiger partial charge in [-0.25, -0.2) is 4.98 Å². The average molecular weight is 492 g/mol. The summed E-state index contributed by atoms with van der Waals surface area (Å²) < 4.78 is 6.12. The molecule has 1 aliphatic heterocycles. The number of carbonyl (C=O) groups is 2. The zero-order chi connectivity index (χ0) is 25.3. The number of hydrogen-bond acceptors (Lipinski definition) is 7. The van der Waals surface area contributed by atoms with Gasteiger partial charge >= 0.3 is 0 Å². The molecule has 34 heavy (non-hydrogen) atoms. The van der Waals surface area contributed by atoms with Gasteiger partial charge in [0.05, 0.1) is 34.6 Å². The number of hydrogen-bond donors (Lipinski definition) is 2. The van der Waals surface area contributed by atoms with Gasteiger partial charge in [0.2, 0.25) is 0 Å².